The molecular weight excluding hydrogens is 568 g/mol. The third-order valence-corrected chi connectivity index (χ3v) is 8.05. The summed E-state index contributed by atoms with van der Waals surface area (Å²) < 4.78 is 35.2. The smallest absolute Gasteiger partial charge is 0.319 e. The van der Waals surface area contributed by atoms with Crippen LogP contribution in [0.5, 0.6) is 0 Å². The summed E-state index contributed by atoms with van der Waals surface area (Å²) >= 11 is 0. The van der Waals surface area contributed by atoms with Crippen LogP contribution in [0.2, 0.25) is 0 Å². The Bertz CT molecular complexity index is 1640. The molecule has 0 radical (unpaired) electrons. The first-order valence-corrected chi connectivity index (χ1v) is 14.8. The highest BCUT2D eigenvalue weighted by molar-refractivity contribution is 5.89. The minimum absolute atomic E-state index is 0.0978. The van der Waals surface area contributed by atoms with Crippen LogP contribution in [0, 0.1) is 17.2 Å². The average molecular weight is 602 g/mol. The summed E-state index contributed by atoms with van der Waals surface area (Å²) in [4.78, 5) is 28.1. The van der Waals surface area contributed by atoms with Gasteiger partial charge in [0.15, 0.2) is 5.82 Å². The molecule has 11 nitrogen and oxygen atoms in total. The molecule has 2 aromatic carbocycles. The van der Waals surface area contributed by atoms with Crippen molar-refractivity contribution >= 4 is 34.5 Å². The number of nitriles is 1. The minimum Gasteiger partial charge on any atom is -0.378 e. The van der Waals surface area contributed by atoms with Crippen LogP contribution >= 0.6 is 0 Å². The molecule has 1 saturated heterocycles. The van der Waals surface area contributed by atoms with Gasteiger partial charge in [0.25, 0.3) is 6.43 Å². The molecule has 228 valence electrons. The number of halogens is 2. The van der Waals surface area contributed by atoms with E-state index in [4.69, 9.17) is 20.0 Å². The Morgan fingerprint density at radius 2 is 1.73 bits per heavy atom. The summed E-state index contributed by atoms with van der Waals surface area (Å²) in [5.74, 6) is 1.32. The molecule has 6 rings (SSSR count). The molecule has 0 bridgehead atoms. The number of imidazole rings is 1. The van der Waals surface area contributed by atoms with E-state index < -0.39 is 6.43 Å². The Kier molecular flexibility index (Phi) is 8.79. The average Bonchev–Trinajstić information content (AvgIpc) is 3.45. The Hall–Kier alpha value is -4.83. The number of hydrogen-bond acceptors (Lipinski definition) is 8. The number of aromatic nitrogens is 4. The van der Waals surface area contributed by atoms with E-state index in [-0.39, 0.29) is 17.9 Å². The molecule has 3 N–H and O–H groups in total. The normalized spacial score (nSPS) is 18.6. The van der Waals surface area contributed by atoms with Gasteiger partial charge in [0.1, 0.15) is 11.6 Å². The van der Waals surface area contributed by atoms with E-state index >= 15 is 0 Å². The van der Waals surface area contributed by atoms with E-state index in [2.05, 4.69) is 31.9 Å². The van der Waals surface area contributed by atoms with Gasteiger partial charge in [-0.3, -0.25) is 4.57 Å². The van der Waals surface area contributed by atoms with Gasteiger partial charge in [-0.05, 0) is 68.0 Å². The molecule has 44 heavy (non-hydrogen) atoms. The molecule has 1 aliphatic carbocycles. The van der Waals surface area contributed by atoms with Gasteiger partial charge in [-0.15, -0.1) is 0 Å². The molecule has 2 aromatic heterocycles. The molecule has 13 heteroatoms. The third-order valence-electron chi connectivity index (χ3n) is 8.05. The summed E-state index contributed by atoms with van der Waals surface area (Å²) in [5, 5.41) is 18.1. The van der Waals surface area contributed by atoms with E-state index in [1.807, 2.05) is 0 Å². The van der Waals surface area contributed by atoms with Crippen molar-refractivity contribution in [3.63, 3.8) is 0 Å². The molecule has 1 aliphatic heterocycles. The molecule has 2 fully saturated rings. The molecule has 4 aromatic rings. The van der Waals surface area contributed by atoms with E-state index in [9.17, 15) is 13.6 Å². The number of carbonyl (C=O) groups excluding carboxylic acids is 1. The monoisotopic (exact) mass is 601 g/mol. The number of hydrogen-bond donors (Lipinski definition) is 3. The SMILES string of the molecule is N#Cc1ccc(NC(=O)NCC2CCC(Nc3nc(N4CCOCC4)cc(-n4c(C(F)F)nc5ccccc54)n3)CC2)cc1. The van der Waals surface area contributed by atoms with Crippen molar-refractivity contribution in [2.45, 2.75) is 38.2 Å². The summed E-state index contributed by atoms with van der Waals surface area (Å²) in [5.41, 5.74) is 2.18. The lowest BCUT2D eigenvalue weighted by molar-refractivity contribution is 0.122. The maximum Gasteiger partial charge on any atom is 0.319 e. The first-order chi connectivity index (χ1) is 21.5. The number of urea groups is 1. The number of anilines is 3. The van der Waals surface area contributed by atoms with Crippen LogP contribution in [-0.4, -0.2) is 64.4 Å². The lowest BCUT2D eigenvalue weighted by atomic mass is 9.86. The number of fused-ring (bicyclic) bond motifs is 1. The van der Waals surface area contributed by atoms with Crippen molar-refractivity contribution in [1.82, 2.24) is 24.8 Å². The van der Waals surface area contributed by atoms with Crippen molar-refractivity contribution in [2.24, 2.45) is 5.92 Å². The first-order valence-electron chi connectivity index (χ1n) is 14.8. The van der Waals surface area contributed by atoms with Crippen molar-refractivity contribution < 1.29 is 18.3 Å². The number of morpholine rings is 1. The molecule has 3 heterocycles. The van der Waals surface area contributed by atoms with Gasteiger partial charge in [-0.25, -0.2) is 18.6 Å². The number of nitrogens with one attached hydrogen (secondary N) is 3. The summed E-state index contributed by atoms with van der Waals surface area (Å²) in [6.45, 7) is 2.94. The number of carbonyl (C=O) groups is 1. The number of ether oxygens (including phenoxy) is 1. The van der Waals surface area contributed by atoms with Crippen LogP contribution < -0.4 is 20.9 Å². The predicted molar refractivity (Wildman–Crippen MR) is 162 cm³/mol. The first kappa shape index (κ1) is 29.3. The number of nitrogens with zero attached hydrogens (tertiary/aromatic N) is 6. The topological polar surface area (TPSA) is 133 Å². The molecule has 0 spiro atoms. The van der Waals surface area contributed by atoms with Crippen LogP contribution in [0.25, 0.3) is 16.9 Å². The second-order valence-corrected chi connectivity index (χ2v) is 11.0. The number of benzene rings is 2. The maximum atomic E-state index is 14.2. The zero-order valence-electron chi connectivity index (χ0n) is 24.0. The number of amides is 2. The molecule has 0 unspecified atom stereocenters. The van der Waals surface area contributed by atoms with E-state index in [1.54, 1.807) is 54.6 Å². The van der Waals surface area contributed by atoms with Crippen molar-refractivity contribution in [2.75, 3.05) is 48.4 Å². The molecule has 1 saturated carbocycles. The van der Waals surface area contributed by atoms with Gasteiger partial charge in [0.2, 0.25) is 5.95 Å². The zero-order chi connectivity index (χ0) is 30.5. The van der Waals surface area contributed by atoms with E-state index in [0.717, 1.165) is 25.7 Å². The van der Waals surface area contributed by atoms with Crippen molar-refractivity contribution in [1.29, 1.82) is 5.26 Å². The fraction of sp³-hybridized carbons (Fsp3) is 0.387. The Labute approximate surface area is 253 Å². The maximum absolute atomic E-state index is 14.2. The van der Waals surface area contributed by atoms with Gasteiger partial charge < -0.3 is 25.6 Å². The zero-order valence-corrected chi connectivity index (χ0v) is 24.0. The van der Waals surface area contributed by atoms with E-state index in [0.29, 0.717) is 78.6 Å². The molecule has 0 atom stereocenters. The van der Waals surface area contributed by atoms with Gasteiger partial charge in [-0.2, -0.15) is 15.2 Å². The molecule has 2 amide bonds. The van der Waals surface area contributed by atoms with Crippen LogP contribution in [0.4, 0.5) is 31.0 Å². The molecule has 2 aliphatic rings. The Morgan fingerprint density at radius 3 is 2.45 bits per heavy atom. The van der Waals surface area contributed by atoms with Crippen LogP contribution in [0.1, 0.15) is 43.5 Å². The third kappa shape index (κ3) is 6.70. The summed E-state index contributed by atoms with van der Waals surface area (Å²) in [7, 11) is 0. The van der Waals surface area contributed by atoms with Gasteiger partial charge in [0.05, 0.1) is 35.9 Å². The van der Waals surface area contributed by atoms with Crippen LogP contribution in [-0.2, 0) is 4.74 Å². The van der Waals surface area contributed by atoms with Gasteiger partial charge in [0, 0.05) is 37.4 Å². The quantitative estimate of drug-likeness (QED) is 0.249. The standard InChI is InChI=1S/C31H33F2N9O2/c32-28(33)29-38-24-3-1-2-4-25(24)42(29)27-17-26(41-13-15-44-16-14-41)39-30(40-27)36-22-11-7-21(8-12-22)19-35-31(43)37-23-9-5-20(18-34)6-10-23/h1-6,9-10,17,21-22,28H,7-8,11-16,19H2,(H2,35,37,43)(H,36,39,40). The summed E-state index contributed by atoms with van der Waals surface area (Å²) in [6.07, 6.45) is 0.704. The van der Waals surface area contributed by atoms with Crippen molar-refractivity contribution in [3.05, 3.63) is 66.0 Å². The highest BCUT2D eigenvalue weighted by Gasteiger charge is 2.26. The fourth-order valence-corrected chi connectivity index (χ4v) is 5.72. The Morgan fingerprint density at radius 1 is 1.00 bits per heavy atom. The van der Waals surface area contributed by atoms with Crippen LogP contribution in [0.15, 0.2) is 54.6 Å². The largest absolute Gasteiger partial charge is 0.378 e. The van der Waals surface area contributed by atoms with Gasteiger partial charge in [-0.1, -0.05) is 12.1 Å². The lowest BCUT2D eigenvalue weighted by Gasteiger charge is -2.31. The highest BCUT2D eigenvalue weighted by atomic mass is 19.3. The number of rotatable bonds is 8. The second-order valence-electron chi connectivity index (χ2n) is 11.0. The number of para-hydroxylation sites is 2. The minimum atomic E-state index is -2.78. The van der Waals surface area contributed by atoms with E-state index in [1.165, 1.54) is 4.57 Å². The predicted octanol–water partition coefficient (Wildman–Crippen LogP) is 5.25. The van der Waals surface area contributed by atoms with Crippen molar-refractivity contribution in [3.8, 4) is 11.9 Å². The lowest BCUT2D eigenvalue weighted by Crippen LogP contribution is -2.37. The Balaban J connectivity index is 1.13. The molecular formula is C31H33F2N9O2. The highest BCUT2D eigenvalue weighted by Crippen LogP contribution is 2.31. The fourth-order valence-electron chi connectivity index (χ4n) is 5.72. The second kappa shape index (κ2) is 13.2. The summed E-state index contributed by atoms with van der Waals surface area (Å²) in [6, 6.07) is 17.3. The van der Waals surface area contributed by atoms with Gasteiger partial charge >= 0.3 is 6.03 Å². The van der Waals surface area contributed by atoms with Crippen LogP contribution in [0.3, 0.4) is 0 Å². The number of alkyl halides is 2.